The Bertz CT molecular complexity index is 739. The van der Waals surface area contributed by atoms with Crippen molar-refractivity contribution < 1.29 is 4.74 Å². The fraction of sp³-hybridized carbons (Fsp3) is 0.133. The Labute approximate surface area is 121 Å². The van der Waals surface area contributed by atoms with E-state index in [-0.39, 0.29) is 0 Å². The molecule has 0 unspecified atom stereocenters. The van der Waals surface area contributed by atoms with Gasteiger partial charge >= 0.3 is 0 Å². The number of nitrogens with two attached hydrogens (primary N) is 1. The number of anilines is 3. The van der Waals surface area contributed by atoms with Crippen molar-refractivity contribution in [2.45, 2.75) is 6.61 Å². The van der Waals surface area contributed by atoms with Crippen LogP contribution in [0, 0.1) is 0 Å². The number of methoxy groups -OCH3 is 1. The van der Waals surface area contributed by atoms with Crippen LogP contribution in [0.5, 0.6) is 0 Å². The Kier molecular flexibility index (Phi) is 3.54. The maximum atomic E-state index is 5.79. The SMILES string of the molecule is COCc1ccccc1Nc1nc2ccc(N)cc2s1. The van der Waals surface area contributed by atoms with E-state index >= 15 is 0 Å². The Morgan fingerprint density at radius 1 is 1.25 bits per heavy atom. The second-order valence-electron chi connectivity index (χ2n) is 4.46. The van der Waals surface area contributed by atoms with E-state index in [0.717, 1.165) is 32.3 Å². The van der Waals surface area contributed by atoms with Crippen LogP contribution < -0.4 is 11.1 Å². The molecule has 0 aliphatic heterocycles. The molecule has 0 aliphatic carbocycles. The number of rotatable bonds is 4. The van der Waals surface area contributed by atoms with Crippen LogP contribution in [0.15, 0.2) is 42.5 Å². The molecule has 20 heavy (non-hydrogen) atoms. The summed E-state index contributed by atoms with van der Waals surface area (Å²) in [6.45, 7) is 0.570. The molecule has 0 saturated carbocycles. The molecule has 5 heteroatoms. The van der Waals surface area contributed by atoms with Crippen LogP contribution in [-0.2, 0) is 11.3 Å². The normalized spacial score (nSPS) is 10.8. The van der Waals surface area contributed by atoms with Crippen LogP contribution in [0.4, 0.5) is 16.5 Å². The van der Waals surface area contributed by atoms with E-state index in [1.165, 1.54) is 0 Å². The molecule has 0 atom stereocenters. The van der Waals surface area contributed by atoms with E-state index in [2.05, 4.69) is 10.3 Å². The second-order valence-corrected chi connectivity index (χ2v) is 5.49. The Balaban J connectivity index is 1.93. The summed E-state index contributed by atoms with van der Waals surface area (Å²) >= 11 is 1.59. The predicted octanol–water partition coefficient (Wildman–Crippen LogP) is 3.77. The number of hydrogen-bond donors (Lipinski definition) is 2. The van der Waals surface area contributed by atoms with Gasteiger partial charge in [0.2, 0.25) is 0 Å². The first-order valence-electron chi connectivity index (χ1n) is 6.26. The van der Waals surface area contributed by atoms with Gasteiger partial charge in [0.15, 0.2) is 5.13 Å². The lowest BCUT2D eigenvalue weighted by molar-refractivity contribution is 0.185. The first-order valence-corrected chi connectivity index (χ1v) is 7.08. The smallest absolute Gasteiger partial charge is 0.188 e. The van der Waals surface area contributed by atoms with E-state index in [9.17, 15) is 0 Å². The number of benzene rings is 2. The maximum absolute atomic E-state index is 5.79. The fourth-order valence-corrected chi connectivity index (χ4v) is 2.96. The lowest BCUT2D eigenvalue weighted by Gasteiger charge is -2.08. The minimum Gasteiger partial charge on any atom is -0.399 e. The van der Waals surface area contributed by atoms with Crippen molar-refractivity contribution in [2.24, 2.45) is 0 Å². The number of thiazole rings is 1. The standard InChI is InChI=1S/C15H15N3OS/c1-19-9-10-4-2-3-5-12(10)17-15-18-13-7-6-11(16)8-14(13)20-15/h2-8H,9,16H2,1H3,(H,17,18). The lowest BCUT2D eigenvalue weighted by Crippen LogP contribution is -1.96. The van der Waals surface area contributed by atoms with Crippen LogP contribution in [-0.4, -0.2) is 12.1 Å². The molecule has 0 radical (unpaired) electrons. The number of aromatic nitrogens is 1. The number of hydrogen-bond acceptors (Lipinski definition) is 5. The zero-order valence-corrected chi connectivity index (χ0v) is 11.9. The molecule has 4 nitrogen and oxygen atoms in total. The third-order valence-electron chi connectivity index (χ3n) is 2.97. The molecule has 0 saturated heterocycles. The summed E-state index contributed by atoms with van der Waals surface area (Å²) in [5.41, 5.74) is 9.62. The zero-order valence-electron chi connectivity index (χ0n) is 11.1. The number of nitrogen functional groups attached to an aromatic ring is 1. The van der Waals surface area contributed by atoms with Crippen LogP contribution in [0.25, 0.3) is 10.2 Å². The topological polar surface area (TPSA) is 60.2 Å². The van der Waals surface area contributed by atoms with Gasteiger partial charge in [0, 0.05) is 24.0 Å². The Hall–Kier alpha value is -2.11. The summed E-state index contributed by atoms with van der Waals surface area (Å²) in [6, 6.07) is 13.8. The van der Waals surface area contributed by atoms with Gasteiger partial charge in [-0.25, -0.2) is 4.98 Å². The highest BCUT2D eigenvalue weighted by Crippen LogP contribution is 2.30. The predicted molar refractivity (Wildman–Crippen MR) is 84.5 cm³/mol. The van der Waals surface area contributed by atoms with Crippen LogP contribution >= 0.6 is 11.3 Å². The summed E-state index contributed by atoms with van der Waals surface area (Å²) in [5, 5.41) is 4.21. The summed E-state index contributed by atoms with van der Waals surface area (Å²) in [5.74, 6) is 0. The van der Waals surface area contributed by atoms with E-state index in [0.29, 0.717) is 6.61 Å². The van der Waals surface area contributed by atoms with Crippen molar-refractivity contribution in [1.82, 2.24) is 4.98 Å². The summed E-state index contributed by atoms with van der Waals surface area (Å²) < 4.78 is 6.29. The van der Waals surface area contributed by atoms with Gasteiger partial charge in [-0.2, -0.15) is 0 Å². The number of ether oxygens (including phenoxy) is 1. The molecular weight excluding hydrogens is 270 g/mol. The number of nitrogens with one attached hydrogen (secondary N) is 1. The van der Waals surface area contributed by atoms with Gasteiger partial charge in [-0.15, -0.1) is 0 Å². The molecule has 102 valence electrons. The largest absolute Gasteiger partial charge is 0.399 e. The minimum absolute atomic E-state index is 0.570. The van der Waals surface area contributed by atoms with Crippen molar-refractivity contribution in [1.29, 1.82) is 0 Å². The first kappa shape index (κ1) is 12.9. The van der Waals surface area contributed by atoms with E-state index in [1.807, 2.05) is 42.5 Å². The number of fused-ring (bicyclic) bond motifs is 1. The third-order valence-corrected chi connectivity index (χ3v) is 3.90. The van der Waals surface area contributed by atoms with Crippen molar-refractivity contribution in [3.63, 3.8) is 0 Å². The molecule has 3 N–H and O–H groups in total. The van der Waals surface area contributed by atoms with Gasteiger partial charge in [0.1, 0.15) is 0 Å². The monoisotopic (exact) mass is 285 g/mol. The summed E-state index contributed by atoms with van der Waals surface area (Å²) in [4.78, 5) is 4.56. The Morgan fingerprint density at radius 3 is 2.95 bits per heavy atom. The van der Waals surface area contributed by atoms with Gasteiger partial charge in [-0.3, -0.25) is 0 Å². The van der Waals surface area contributed by atoms with Crippen molar-refractivity contribution in [3.8, 4) is 0 Å². The molecular formula is C15H15N3OS. The molecule has 0 bridgehead atoms. The van der Waals surface area contributed by atoms with E-state index < -0.39 is 0 Å². The van der Waals surface area contributed by atoms with E-state index in [4.69, 9.17) is 10.5 Å². The third kappa shape index (κ3) is 2.59. The molecule has 0 spiro atoms. The number of para-hydroxylation sites is 1. The zero-order chi connectivity index (χ0) is 13.9. The van der Waals surface area contributed by atoms with Crippen molar-refractivity contribution in [2.75, 3.05) is 18.2 Å². The molecule has 3 rings (SSSR count). The van der Waals surface area contributed by atoms with Crippen LogP contribution in [0.1, 0.15) is 5.56 Å². The van der Waals surface area contributed by atoms with Gasteiger partial charge < -0.3 is 15.8 Å². The molecule has 0 fully saturated rings. The fourth-order valence-electron chi connectivity index (χ4n) is 2.03. The quantitative estimate of drug-likeness (QED) is 0.716. The van der Waals surface area contributed by atoms with Crippen LogP contribution in [0.2, 0.25) is 0 Å². The maximum Gasteiger partial charge on any atom is 0.188 e. The number of nitrogens with zero attached hydrogens (tertiary/aromatic N) is 1. The molecule has 2 aromatic carbocycles. The van der Waals surface area contributed by atoms with Crippen molar-refractivity contribution in [3.05, 3.63) is 48.0 Å². The van der Waals surface area contributed by atoms with Gasteiger partial charge in [0.25, 0.3) is 0 Å². The van der Waals surface area contributed by atoms with Crippen LogP contribution in [0.3, 0.4) is 0 Å². The molecule has 1 aromatic heterocycles. The van der Waals surface area contributed by atoms with Crippen molar-refractivity contribution >= 4 is 38.1 Å². The first-order chi connectivity index (χ1) is 9.76. The highest BCUT2D eigenvalue weighted by Gasteiger charge is 2.07. The lowest BCUT2D eigenvalue weighted by atomic mass is 10.2. The summed E-state index contributed by atoms with van der Waals surface area (Å²) in [7, 11) is 1.69. The highest BCUT2D eigenvalue weighted by atomic mass is 32.1. The van der Waals surface area contributed by atoms with Gasteiger partial charge in [-0.05, 0) is 24.3 Å². The summed E-state index contributed by atoms with van der Waals surface area (Å²) in [6.07, 6.45) is 0. The van der Waals surface area contributed by atoms with Gasteiger partial charge in [-0.1, -0.05) is 29.5 Å². The molecule has 1 heterocycles. The average Bonchev–Trinajstić information content (AvgIpc) is 2.82. The minimum atomic E-state index is 0.570. The molecule has 3 aromatic rings. The Morgan fingerprint density at radius 2 is 2.10 bits per heavy atom. The van der Waals surface area contributed by atoms with E-state index in [1.54, 1.807) is 18.4 Å². The second kappa shape index (κ2) is 5.48. The average molecular weight is 285 g/mol. The molecule has 0 aliphatic rings. The highest BCUT2D eigenvalue weighted by molar-refractivity contribution is 7.22. The van der Waals surface area contributed by atoms with Gasteiger partial charge in [0.05, 0.1) is 16.8 Å². The molecule has 0 amide bonds.